The largest absolute Gasteiger partial charge is 0.573 e. The fraction of sp³-hybridized carbons (Fsp3) is 0.143. The van der Waals surface area contributed by atoms with Gasteiger partial charge in [-0.05, 0) is 35.4 Å². The number of ether oxygens (including phenoxy) is 1. The summed E-state index contributed by atoms with van der Waals surface area (Å²) in [5.41, 5.74) is 1.38. The van der Waals surface area contributed by atoms with Crippen LogP contribution in [0.2, 0.25) is 0 Å². The maximum atomic E-state index is 13.8. The Kier molecular flexibility index (Phi) is 4.32. The number of rotatable bonds is 3. The first-order valence-electron chi connectivity index (χ1n) is 5.59. The predicted molar refractivity (Wildman–Crippen MR) is 71.2 cm³/mol. The number of benzene rings is 2. The zero-order chi connectivity index (χ0) is 14.8. The van der Waals surface area contributed by atoms with E-state index in [0.29, 0.717) is 10.9 Å². The van der Waals surface area contributed by atoms with Crippen molar-refractivity contribution in [3.63, 3.8) is 0 Å². The molecule has 0 aliphatic heterocycles. The highest BCUT2D eigenvalue weighted by atomic mass is 79.9. The summed E-state index contributed by atoms with van der Waals surface area (Å²) in [5.74, 6) is -0.877. The van der Waals surface area contributed by atoms with Crippen LogP contribution in [0.25, 0.3) is 11.1 Å². The molecule has 0 atom stereocenters. The summed E-state index contributed by atoms with van der Waals surface area (Å²) in [7, 11) is 0. The second kappa shape index (κ2) is 5.83. The van der Waals surface area contributed by atoms with Crippen LogP contribution in [0.15, 0.2) is 42.5 Å². The van der Waals surface area contributed by atoms with Crippen LogP contribution in [0, 0.1) is 5.82 Å². The molecule has 0 fully saturated rings. The lowest BCUT2D eigenvalue weighted by Gasteiger charge is -2.11. The second-order valence-electron chi connectivity index (χ2n) is 4.02. The Morgan fingerprint density at radius 1 is 1.05 bits per heavy atom. The molecule has 0 bridgehead atoms. The first-order chi connectivity index (χ1) is 9.39. The van der Waals surface area contributed by atoms with Gasteiger partial charge in [-0.2, -0.15) is 0 Å². The average Bonchev–Trinajstić information content (AvgIpc) is 2.37. The molecular weight excluding hydrogens is 340 g/mol. The van der Waals surface area contributed by atoms with Gasteiger partial charge in [-0.15, -0.1) is 13.2 Å². The fourth-order valence-corrected chi connectivity index (χ4v) is 2.09. The quantitative estimate of drug-likeness (QED) is 0.541. The highest BCUT2D eigenvalue weighted by molar-refractivity contribution is 9.08. The molecule has 2 aromatic rings. The normalized spacial score (nSPS) is 11.4. The van der Waals surface area contributed by atoms with E-state index in [4.69, 9.17) is 0 Å². The van der Waals surface area contributed by atoms with Gasteiger partial charge < -0.3 is 4.74 Å². The van der Waals surface area contributed by atoms with Gasteiger partial charge in [0.2, 0.25) is 0 Å². The molecule has 0 N–H and O–H groups in total. The van der Waals surface area contributed by atoms with E-state index in [9.17, 15) is 17.6 Å². The maximum Gasteiger partial charge on any atom is 0.573 e. The first-order valence-corrected chi connectivity index (χ1v) is 6.72. The van der Waals surface area contributed by atoms with Gasteiger partial charge in [0, 0.05) is 10.9 Å². The van der Waals surface area contributed by atoms with E-state index in [1.807, 2.05) is 0 Å². The number of hydrogen-bond acceptors (Lipinski definition) is 1. The standard InChI is InChI=1S/C14H9BrF4O/c15-8-9-4-5-13(16)12(6-9)10-2-1-3-11(7-10)20-14(17,18)19/h1-7H,8H2. The van der Waals surface area contributed by atoms with Gasteiger partial charge in [-0.3, -0.25) is 0 Å². The number of alkyl halides is 4. The lowest BCUT2D eigenvalue weighted by molar-refractivity contribution is -0.274. The monoisotopic (exact) mass is 348 g/mol. The van der Waals surface area contributed by atoms with Crippen molar-refractivity contribution < 1.29 is 22.3 Å². The summed E-state index contributed by atoms with van der Waals surface area (Å²) < 4.78 is 54.1. The molecule has 0 saturated heterocycles. The van der Waals surface area contributed by atoms with Crippen LogP contribution in [-0.4, -0.2) is 6.36 Å². The highest BCUT2D eigenvalue weighted by Crippen LogP contribution is 2.30. The first kappa shape index (κ1) is 14.8. The molecule has 1 nitrogen and oxygen atoms in total. The van der Waals surface area contributed by atoms with Crippen LogP contribution >= 0.6 is 15.9 Å². The minimum absolute atomic E-state index is 0.231. The minimum atomic E-state index is -4.77. The van der Waals surface area contributed by atoms with Gasteiger partial charge in [0.25, 0.3) is 0 Å². The summed E-state index contributed by atoms with van der Waals surface area (Å²) in [4.78, 5) is 0. The molecule has 0 saturated carbocycles. The molecule has 0 spiro atoms. The number of hydrogen-bond donors (Lipinski definition) is 0. The molecule has 2 rings (SSSR count). The summed E-state index contributed by atoms with van der Waals surface area (Å²) in [6.45, 7) is 0. The molecule has 0 aliphatic rings. The minimum Gasteiger partial charge on any atom is -0.406 e. The van der Waals surface area contributed by atoms with Crippen molar-refractivity contribution >= 4 is 15.9 Å². The molecule has 0 amide bonds. The SMILES string of the molecule is Fc1ccc(CBr)cc1-c1cccc(OC(F)(F)F)c1. The Morgan fingerprint density at radius 3 is 2.45 bits per heavy atom. The Labute approximate surface area is 121 Å². The van der Waals surface area contributed by atoms with Crippen LogP contribution in [-0.2, 0) is 5.33 Å². The zero-order valence-corrected chi connectivity index (χ0v) is 11.6. The second-order valence-corrected chi connectivity index (χ2v) is 4.58. The molecule has 0 heterocycles. The lowest BCUT2D eigenvalue weighted by Crippen LogP contribution is -2.17. The zero-order valence-electron chi connectivity index (χ0n) is 10.0. The van der Waals surface area contributed by atoms with Crippen molar-refractivity contribution in [2.24, 2.45) is 0 Å². The van der Waals surface area contributed by atoms with Gasteiger partial charge in [-0.1, -0.05) is 34.1 Å². The van der Waals surface area contributed by atoms with E-state index in [0.717, 1.165) is 11.6 Å². The van der Waals surface area contributed by atoms with Crippen LogP contribution in [0.5, 0.6) is 5.75 Å². The van der Waals surface area contributed by atoms with E-state index < -0.39 is 12.2 Å². The van der Waals surface area contributed by atoms with Crippen LogP contribution < -0.4 is 4.74 Å². The van der Waals surface area contributed by atoms with Crippen molar-refractivity contribution in [1.29, 1.82) is 0 Å². The molecule has 0 aliphatic carbocycles. The summed E-state index contributed by atoms with van der Waals surface area (Å²) in [6, 6.07) is 9.70. The Hall–Kier alpha value is -1.56. The van der Waals surface area contributed by atoms with Gasteiger partial charge >= 0.3 is 6.36 Å². The van der Waals surface area contributed by atoms with E-state index in [-0.39, 0.29) is 11.3 Å². The Bertz CT molecular complexity index is 610. The summed E-state index contributed by atoms with van der Waals surface area (Å²) >= 11 is 3.25. The van der Waals surface area contributed by atoms with Crippen molar-refractivity contribution in [3.8, 4) is 16.9 Å². The van der Waals surface area contributed by atoms with E-state index in [1.165, 1.54) is 24.3 Å². The van der Waals surface area contributed by atoms with Crippen molar-refractivity contribution in [1.82, 2.24) is 0 Å². The molecular formula is C14H9BrF4O. The Morgan fingerprint density at radius 2 is 1.80 bits per heavy atom. The van der Waals surface area contributed by atoms with E-state index >= 15 is 0 Å². The van der Waals surface area contributed by atoms with E-state index in [1.54, 1.807) is 12.1 Å². The van der Waals surface area contributed by atoms with Gasteiger partial charge in [-0.25, -0.2) is 4.39 Å². The van der Waals surface area contributed by atoms with Gasteiger partial charge in [0.05, 0.1) is 0 Å². The fourth-order valence-electron chi connectivity index (χ4n) is 1.74. The third-order valence-corrected chi connectivity index (χ3v) is 3.21. The number of halogens is 5. The average molecular weight is 349 g/mol. The molecule has 0 unspecified atom stereocenters. The van der Waals surface area contributed by atoms with Crippen molar-refractivity contribution in [2.45, 2.75) is 11.7 Å². The molecule has 6 heteroatoms. The topological polar surface area (TPSA) is 9.23 Å². The molecule has 0 radical (unpaired) electrons. The maximum absolute atomic E-state index is 13.8. The Balaban J connectivity index is 2.40. The third-order valence-electron chi connectivity index (χ3n) is 2.56. The van der Waals surface area contributed by atoms with Crippen molar-refractivity contribution in [3.05, 3.63) is 53.8 Å². The highest BCUT2D eigenvalue weighted by Gasteiger charge is 2.31. The third kappa shape index (κ3) is 3.72. The molecule has 2 aromatic carbocycles. The van der Waals surface area contributed by atoms with Gasteiger partial charge in [0.1, 0.15) is 11.6 Å². The molecule has 0 aromatic heterocycles. The molecule has 20 heavy (non-hydrogen) atoms. The predicted octanol–water partition coefficient (Wildman–Crippen LogP) is 5.29. The van der Waals surface area contributed by atoms with E-state index in [2.05, 4.69) is 20.7 Å². The van der Waals surface area contributed by atoms with Crippen LogP contribution in [0.4, 0.5) is 17.6 Å². The van der Waals surface area contributed by atoms with Crippen LogP contribution in [0.1, 0.15) is 5.56 Å². The van der Waals surface area contributed by atoms with Crippen LogP contribution in [0.3, 0.4) is 0 Å². The smallest absolute Gasteiger partial charge is 0.406 e. The summed E-state index contributed by atoms with van der Waals surface area (Å²) in [6.07, 6.45) is -4.77. The van der Waals surface area contributed by atoms with Gasteiger partial charge in [0.15, 0.2) is 0 Å². The summed E-state index contributed by atoms with van der Waals surface area (Å²) in [5, 5.41) is 0.527. The van der Waals surface area contributed by atoms with Crippen molar-refractivity contribution in [2.75, 3.05) is 0 Å². The lowest BCUT2D eigenvalue weighted by atomic mass is 10.0. The molecule has 106 valence electrons.